The molecule has 1 atom stereocenters. The summed E-state index contributed by atoms with van der Waals surface area (Å²) in [6.45, 7) is 3.19. The molecule has 4 heteroatoms. The number of cyclic esters (lactones) is 1. The molecule has 1 saturated heterocycles. The van der Waals surface area contributed by atoms with E-state index in [9.17, 15) is 4.79 Å². The Labute approximate surface area is 94.6 Å². The lowest BCUT2D eigenvalue weighted by Crippen LogP contribution is -2.18. The van der Waals surface area contributed by atoms with Gasteiger partial charge < -0.3 is 14.8 Å². The molecule has 0 aliphatic carbocycles. The maximum atomic E-state index is 10.9. The quantitative estimate of drug-likeness (QED) is 0.848. The van der Waals surface area contributed by atoms with Crippen molar-refractivity contribution in [2.24, 2.45) is 0 Å². The molecule has 1 unspecified atom stereocenters. The highest BCUT2D eigenvalue weighted by Gasteiger charge is 2.23. The van der Waals surface area contributed by atoms with E-state index in [1.165, 1.54) is 0 Å². The molecule has 86 valence electrons. The maximum Gasteiger partial charge on any atom is 0.407 e. The zero-order valence-electron chi connectivity index (χ0n) is 9.23. The van der Waals surface area contributed by atoms with Gasteiger partial charge in [-0.3, -0.25) is 0 Å². The monoisotopic (exact) mass is 221 g/mol. The Hall–Kier alpha value is -1.71. The third-order valence-electron chi connectivity index (χ3n) is 2.43. The van der Waals surface area contributed by atoms with Crippen molar-refractivity contribution in [2.75, 3.05) is 13.2 Å². The molecule has 1 N–H and O–H groups in total. The number of rotatable bonds is 4. The molecule has 0 saturated carbocycles. The molecule has 0 aromatic heterocycles. The molecule has 1 aromatic rings. The van der Waals surface area contributed by atoms with Crippen molar-refractivity contribution in [3.8, 4) is 5.75 Å². The van der Waals surface area contributed by atoms with Gasteiger partial charge in [0.25, 0.3) is 0 Å². The molecular formula is C12H15NO3. The minimum atomic E-state index is -0.351. The number of nitrogens with one attached hydrogen (secondary N) is 1. The fourth-order valence-electron chi connectivity index (χ4n) is 1.58. The molecule has 1 aliphatic heterocycles. The number of hydrogen-bond acceptors (Lipinski definition) is 3. The number of amides is 1. The highest BCUT2D eigenvalue weighted by atomic mass is 16.6. The molecule has 1 heterocycles. The van der Waals surface area contributed by atoms with Gasteiger partial charge in [-0.2, -0.15) is 0 Å². The van der Waals surface area contributed by atoms with Crippen LogP contribution in [0.25, 0.3) is 0 Å². The lowest BCUT2D eigenvalue weighted by molar-refractivity contribution is 0.177. The van der Waals surface area contributed by atoms with Gasteiger partial charge >= 0.3 is 6.09 Å². The predicted octanol–water partition coefficient (Wildman–Crippen LogP) is 2.26. The van der Waals surface area contributed by atoms with Gasteiger partial charge in [0, 0.05) is 0 Å². The molecule has 1 aromatic carbocycles. The van der Waals surface area contributed by atoms with Crippen molar-refractivity contribution in [3.05, 3.63) is 29.8 Å². The van der Waals surface area contributed by atoms with E-state index in [4.69, 9.17) is 9.47 Å². The van der Waals surface area contributed by atoms with E-state index in [-0.39, 0.29) is 12.1 Å². The number of carbonyl (C=O) groups is 1. The normalized spacial score (nSPS) is 19.1. The summed E-state index contributed by atoms with van der Waals surface area (Å²) < 4.78 is 10.3. The van der Waals surface area contributed by atoms with Gasteiger partial charge in [-0.15, -0.1) is 0 Å². The van der Waals surface area contributed by atoms with Crippen LogP contribution in [0.1, 0.15) is 24.9 Å². The minimum absolute atomic E-state index is 0.0345. The fraction of sp³-hybridized carbons (Fsp3) is 0.417. The third-order valence-corrected chi connectivity index (χ3v) is 2.43. The molecule has 16 heavy (non-hydrogen) atoms. The van der Waals surface area contributed by atoms with Crippen molar-refractivity contribution < 1.29 is 14.3 Å². The van der Waals surface area contributed by atoms with Crippen LogP contribution in [0.15, 0.2) is 24.3 Å². The summed E-state index contributed by atoms with van der Waals surface area (Å²) in [5, 5.41) is 2.73. The van der Waals surface area contributed by atoms with Crippen LogP contribution in [0.5, 0.6) is 5.75 Å². The molecule has 0 spiro atoms. The smallest absolute Gasteiger partial charge is 0.407 e. The largest absolute Gasteiger partial charge is 0.494 e. The Morgan fingerprint density at radius 1 is 1.44 bits per heavy atom. The van der Waals surface area contributed by atoms with Crippen LogP contribution in [0.3, 0.4) is 0 Å². The van der Waals surface area contributed by atoms with E-state index in [2.05, 4.69) is 12.2 Å². The van der Waals surface area contributed by atoms with Crippen LogP contribution in [0, 0.1) is 0 Å². The summed E-state index contributed by atoms with van der Waals surface area (Å²) in [6.07, 6.45) is 0.644. The SMILES string of the molecule is CCCOc1ccc(C2COC(=O)N2)cc1. The summed E-state index contributed by atoms with van der Waals surface area (Å²) in [5.74, 6) is 0.857. The molecule has 1 amide bonds. The van der Waals surface area contributed by atoms with Gasteiger partial charge in [-0.05, 0) is 24.1 Å². The van der Waals surface area contributed by atoms with Crippen LogP contribution < -0.4 is 10.1 Å². The van der Waals surface area contributed by atoms with Gasteiger partial charge in [-0.25, -0.2) is 4.79 Å². The maximum absolute atomic E-state index is 10.9. The summed E-state index contributed by atoms with van der Waals surface area (Å²) in [6, 6.07) is 7.69. The lowest BCUT2D eigenvalue weighted by atomic mass is 10.1. The second kappa shape index (κ2) is 4.88. The molecule has 1 fully saturated rings. The van der Waals surface area contributed by atoms with Crippen molar-refractivity contribution in [2.45, 2.75) is 19.4 Å². The van der Waals surface area contributed by atoms with Gasteiger partial charge in [0.15, 0.2) is 0 Å². The summed E-state index contributed by atoms with van der Waals surface area (Å²) in [5.41, 5.74) is 1.04. The summed E-state index contributed by atoms with van der Waals surface area (Å²) >= 11 is 0. The van der Waals surface area contributed by atoms with E-state index >= 15 is 0 Å². The fourth-order valence-corrected chi connectivity index (χ4v) is 1.58. The second-order valence-electron chi connectivity index (χ2n) is 3.71. The molecule has 4 nitrogen and oxygen atoms in total. The van der Waals surface area contributed by atoms with Gasteiger partial charge in [0.1, 0.15) is 12.4 Å². The number of benzene rings is 1. The topological polar surface area (TPSA) is 47.6 Å². The Morgan fingerprint density at radius 3 is 2.75 bits per heavy atom. The van der Waals surface area contributed by atoms with Crippen LogP contribution in [-0.4, -0.2) is 19.3 Å². The van der Waals surface area contributed by atoms with Crippen LogP contribution in [-0.2, 0) is 4.74 Å². The van der Waals surface area contributed by atoms with Crippen LogP contribution in [0.4, 0.5) is 4.79 Å². The molecule has 1 aliphatic rings. The molecule has 2 rings (SSSR count). The Morgan fingerprint density at radius 2 is 2.19 bits per heavy atom. The first-order valence-electron chi connectivity index (χ1n) is 5.45. The number of ether oxygens (including phenoxy) is 2. The third kappa shape index (κ3) is 2.45. The first-order chi connectivity index (χ1) is 7.79. The summed E-state index contributed by atoms with van der Waals surface area (Å²) in [4.78, 5) is 10.9. The van der Waals surface area contributed by atoms with Crippen molar-refractivity contribution in [1.82, 2.24) is 5.32 Å². The zero-order chi connectivity index (χ0) is 11.4. The van der Waals surface area contributed by atoms with Gasteiger partial charge in [0.05, 0.1) is 12.6 Å². The molecule has 0 bridgehead atoms. The standard InChI is InChI=1S/C12H15NO3/c1-2-7-15-10-5-3-9(4-6-10)11-8-16-12(14)13-11/h3-6,11H,2,7-8H2,1H3,(H,13,14). The van der Waals surface area contributed by atoms with Crippen LogP contribution in [0.2, 0.25) is 0 Å². The minimum Gasteiger partial charge on any atom is -0.494 e. The van der Waals surface area contributed by atoms with Crippen molar-refractivity contribution >= 4 is 6.09 Å². The molecule has 0 radical (unpaired) electrons. The van der Waals surface area contributed by atoms with E-state index in [1.807, 2.05) is 24.3 Å². The zero-order valence-corrected chi connectivity index (χ0v) is 9.23. The Bertz CT molecular complexity index is 361. The Kier molecular flexibility index (Phi) is 3.29. The molecular weight excluding hydrogens is 206 g/mol. The van der Waals surface area contributed by atoms with Crippen molar-refractivity contribution in [3.63, 3.8) is 0 Å². The second-order valence-corrected chi connectivity index (χ2v) is 3.71. The predicted molar refractivity (Wildman–Crippen MR) is 59.5 cm³/mol. The van der Waals surface area contributed by atoms with E-state index in [0.29, 0.717) is 6.61 Å². The summed E-state index contributed by atoms with van der Waals surface area (Å²) in [7, 11) is 0. The first kappa shape index (κ1) is 10.8. The highest BCUT2D eigenvalue weighted by Crippen LogP contribution is 2.21. The van der Waals surface area contributed by atoms with Gasteiger partial charge in [0.2, 0.25) is 0 Å². The van der Waals surface area contributed by atoms with E-state index in [1.54, 1.807) is 0 Å². The van der Waals surface area contributed by atoms with E-state index < -0.39 is 0 Å². The average Bonchev–Trinajstić information content (AvgIpc) is 2.74. The van der Waals surface area contributed by atoms with E-state index in [0.717, 1.165) is 24.3 Å². The first-order valence-corrected chi connectivity index (χ1v) is 5.45. The lowest BCUT2D eigenvalue weighted by Gasteiger charge is -2.09. The van der Waals surface area contributed by atoms with Crippen LogP contribution >= 0.6 is 0 Å². The number of hydrogen-bond donors (Lipinski definition) is 1. The number of alkyl carbamates (subject to hydrolysis) is 1. The highest BCUT2D eigenvalue weighted by molar-refractivity contribution is 5.70. The average molecular weight is 221 g/mol. The van der Waals surface area contributed by atoms with Gasteiger partial charge in [-0.1, -0.05) is 19.1 Å². The Balaban J connectivity index is 1.99. The van der Waals surface area contributed by atoms with Crippen molar-refractivity contribution in [1.29, 1.82) is 0 Å². The number of carbonyl (C=O) groups excluding carboxylic acids is 1.